The number of aliphatic hydroxyl groups is 9. The summed E-state index contributed by atoms with van der Waals surface area (Å²) in [5.41, 5.74) is 8.50. The van der Waals surface area contributed by atoms with E-state index in [0.29, 0.717) is 85.0 Å². The molecule has 55 heavy (non-hydrogen) atoms. The van der Waals surface area contributed by atoms with E-state index in [0.717, 1.165) is 0 Å². The first kappa shape index (κ1) is 63.4. The number of carbonyl (C=O) groups is 2. The number of urea groups is 1. The smallest absolute Gasteiger partial charge is 0.309 e. The van der Waals surface area contributed by atoms with Crippen molar-refractivity contribution < 1.29 is 98.6 Å². The molecule has 1 aromatic heterocycles. The minimum Gasteiger partial charge on any atom is -0.508 e. The van der Waals surface area contributed by atoms with Crippen LogP contribution < -0.4 is 11.5 Å². The summed E-state index contributed by atoms with van der Waals surface area (Å²) in [6.45, 7) is 6.93. The fraction of sp³-hybridized carbons (Fsp3) is 0.636. The lowest BCUT2D eigenvalue weighted by Crippen LogP contribution is -2.18. The summed E-state index contributed by atoms with van der Waals surface area (Å²) in [6, 6.07) is 8.48. The fourth-order valence-electron chi connectivity index (χ4n) is 2.25. The molecule has 0 aliphatic rings. The van der Waals surface area contributed by atoms with Crippen molar-refractivity contribution in [2.24, 2.45) is 11.5 Å². The maximum Gasteiger partial charge on any atom is 0.309 e. The van der Waals surface area contributed by atoms with Gasteiger partial charge in [0.25, 0.3) is 0 Å². The number of primary amides is 2. The second-order valence-corrected chi connectivity index (χ2v) is 8.62. The molecule has 0 atom stereocenters. The monoisotopic (exact) mass is 810 g/mol. The summed E-state index contributed by atoms with van der Waals surface area (Å²) in [4.78, 5) is 17.0. The molecule has 2 rings (SSSR count). The van der Waals surface area contributed by atoms with Gasteiger partial charge in [-0.05, 0) is 24.3 Å². The SMILES string of the molecule is C=O.NC(N)=O.OCCO.OCCOCCO.OCCOCCOCCO.OCCOCCOCCOCCO.OCc1ccco1.Oc1cccc(O)c1. The predicted molar refractivity (Wildman–Crippen MR) is 197 cm³/mol. The zero-order valence-electron chi connectivity index (χ0n) is 31.3. The van der Waals surface area contributed by atoms with Crippen molar-refractivity contribution in [1.29, 1.82) is 0 Å². The van der Waals surface area contributed by atoms with Gasteiger partial charge in [-0.15, -0.1) is 0 Å². The van der Waals surface area contributed by atoms with Gasteiger partial charge in [0, 0.05) is 6.07 Å². The second kappa shape index (κ2) is 65.3. The third-order valence-electron chi connectivity index (χ3n) is 4.20. The number of furan rings is 1. The number of carbonyl (C=O) groups excluding carboxylic acids is 2. The Hall–Kier alpha value is -3.56. The van der Waals surface area contributed by atoms with Crippen molar-refractivity contribution >= 4 is 12.8 Å². The highest BCUT2D eigenvalue weighted by molar-refractivity contribution is 5.69. The molecule has 0 aliphatic heterocycles. The van der Waals surface area contributed by atoms with Crippen LogP contribution in [-0.4, -0.2) is 201 Å². The third-order valence-corrected chi connectivity index (χ3v) is 4.20. The van der Waals surface area contributed by atoms with Gasteiger partial charge in [-0.3, -0.25) is 0 Å². The number of hydrogen-bond acceptors (Lipinski definition) is 20. The van der Waals surface area contributed by atoms with Crippen LogP contribution >= 0.6 is 0 Å². The largest absolute Gasteiger partial charge is 0.508 e. The van der Waals surface area contributed by atoms with E-state index in [1.807, 2.05) is 6.79 Å². The van der Waals surface area contributed by atoms with Crippen LogP contribution in [0, 0.1) is 0 Å². The van der Waals surface area contributed by atoms with E-state index in [1.165, 1.54) is 24.5 Å². The van der Waals surface area contributed by atoms with Crippen molar-refractivity contribution in [1.82, 2.24) is 0 Å². The van der Waals surface area contributed by atoms with Crippen molar-refractivity contribution in [3.8, 4) is 11.5 Å². The number of benzene rings is 1. The van der Waals surface area contributed by atoms with E-state index in [-0.39, 0.29) is 71.0 Å². The van der Waals surface area contributed by atoms with E-state index < -0.39 is 6.03 Å². The second-order valence-electron chi connectivity index (χ2n) is 8.62. The lowest BCUT2D eigenvalue weighted by molar-refractivity contribution is -0.0980. The van der Waals surface area contributed by atoms with E-state index in [2.05, 4.69) is 16.2 Å². The number of aromatic hydroxyl groups is 2. The van der Waals surface area contributed by atoms with Crippen LogP contribution in [0.4, 0.5) is 4.79 Å². The van der Waals surface area contributed by atoms with Crippen molar-refractivity contribution in [3.05, 3.63) is 48.4 Å². The first-order valence-electron chi connectivity index (χ1n) is 16.4. The Kier molecular flexibility index (Phi) is 75.3. The maximum atomic E-state index is 9.00. The molecule has 22 nitrogen and oxygen atoms in total. The first-order chi connectivity index (χ1) is 26.6. The zero-order chi connectivity index (χ0) is 43.1. The molecule has 0 bridgehead atoms. The summed E-state index contributed by atoms with van der Waals surface area (Å²) in [5.74, 6) is 0.787. The van der Waals surface area contributed by atoms with E-state index in [9.17, 15) is 0 Å². The molecule has 2 amide bonds. The first-order valence-corrected chi connectivity index (χ1v) is 16.4. The van der Waals surface area contributed by atoms with E-state index in [1.54, 1.807) is 18.2 Å². The van der Waals surface area contributed by atoms with Crippen molar-refractivity contribution in [2.45, 2.75) is 6.61 Å². The average molecular weight is 811 g/mol. The molecule has 1 heterocycles. The molecule has 0 saturated carbocycles. The van der Waals surface area contributed by atoms with Crippen LogP contribution in [0.25, 0.3) is 0 Å². The fourth-order valence-corrected chi connectivity index (χ4v) is 2.25. The van der Waals surface area contributed by atoms with Gasteiger partial charge in [-0.25, -0.2) is 4.79 Å². The topological polar surface area (TPSA) is 377 Å². The molecule has 0 fully saturated rings. The lowest BCUT2D eigenvalue weighted by Gasteiger charge is -2.04. The Bertz CT molecular complexity index is 859. The minimum absolute atomic E-state index is 0.00694. The van der Waals surface area contributed by atoms with Gasteiger partial charge in [-0.2, -0.15) is 0 Å². The van der Waals surface area contributed by atoms with Gasteiger partial charge >= 0.3 is 6.03 Å². The molecule has 0 radical (unpaired) electrons. The highest BCUT2D eigenvalue weighted by Gasteiger charge is 1.90. The molecule has 22 heteroatoms. The Morgan fingerprint density at radius 2 is 0.764 bits per heavy atom. The molecule has 0 unspecified atom stereocenters. The number of phenols is 2. The van der Waals surface area contributed by atoms with Crippen LogP contribution in [0.1, 0.15) is 5.76 Å². The Balaban J connectivity index is -0.000000130. The number of rotatable bonds is 23. The minimum atomic E-state index is -0.833. The van der Waals surface area contributed by atoms with Crippen LogP contribution in [0.5, 0.6) is 11.5 Å². The van der Waals surface area contributed by atoms with Gasteiger partial charge in [-0.1, -0.05) is 6.07 Å². The van der Waals surface area contributed by atoms with Crippen LogP contribution in [-0.2, 0) is 39.8 Å². The maximum absolute atomic E-state index is 9.00. The number of aliphatic hydroxyl groups excluding tert-OH is 9. The number of phenolic OH excluding ortho intramolecular Hbond substituents is 2. The van der Waals surface area contributed by atoms with E-state index >= 15 is 0 Å². The summed E-state index contributed by atoms with van der Waals surface area (Å²) in [7, 11) is 0. The number of nitrogens with two attached hydrogens (primary N) is 2. The van der Waals surface area contributed by atoms with Crippen molar-refractivity contribution in [2.75, 3.05) is 132 Å². The summed E-state index contributed by atoms with van der Waals surface area (Å²) in [6.07, 6.45) is 1.53. The molecule has 0 spiro atoms. The zero-order valence-corrected chi connectivity index (χ0v) is 31.3. The number of ether oxygens (including phenoxy) is 6. The van der Waals surface area contributed by atoms with Crippen molar-refractivity contribution in [3.63, 3.8) is 0 Å². The quantitative estimate of drug-likeness (QED) is 0.0489. The molecular weight excluding hydrogens is 744 g/mol. The summed E-state index contributed by atoms with van der Waals surface area (Å²) < 4.78 is 34.1. The molecule has 2 aromatic rings. The Labute approximate surface area is 321 Å². The number of hydrogen-bond donors (Lipinski definition) is 13. The molecule has 0 saturated heterocycles. The molecular formula is C33H66N2O20. The number of amides is 2. The Morgan fingerprint density at radius 1 is 0.491 bits per heavy atom. The van der Waals surface area contributed by atoms with Gasteiger partial charge in [0.1, 0.15) is 30.7 Å². The standard InChI is InChI=1S/C8H18O5.C6H14O4.C6H6O2.C5H6O2.C4H10O3.C2H6O2.CH4N2O.CH2O/c9-1-3-11-5-7-13-8-6-12-4-2-10;7-1-3-9-5-6-10-4-2-8;7-5-2-1-3-6(8)4-5;6-4-5-2-1-3-7-5;5-1-3-7-4-2-6;3-1-2-4;2-1(3)4;1-2/h9-10H,1-8H2;7-8H,1-6H2;1-4,7-8H;1-3,6H,4H2;5-6H,1-4H2;3-4H,1-2H2;(H4,2,3,4);1H2. The highest BCUT2D eigenvalue weighted by atomic mass is 16.5. The third kappa shape index (κ3) is 84.4. The Morgan fingerprint density at radius 3 is 0.927 bits per heavy atom. The van der Waals surface area contributed by atoms with Crippen LogP contribution in [0.2, 0.25) is 0 Å². The van der Waals surface area contributed by atoms with Crippen LogP contribution in [0.15, 0.2) is 47.1 Å². The van der Waals surface area contributed by atoms with E-state index in [4.69, 9.17) is 93.9 Å². The average Bonchev–Trinajstić information content (AvgIpc) is 3.72. The van der Waals surface area contributed by atoms with Gasteiger partial charge in [0.05, 0.1) is 138 Å². The molecule has 328 valence electrons. The normalized spacial score (nSPS) is 9.11. The van der Waals surface area contributed by atoms with Gasteiger partial charge in [0.2, 0.25) is 0 Å². The predicted octanol–water partition coefficient (Wildman–Crippen LogP) is -3.31. The van der Waals surface area contributed by atoms with Gasteiger partial charge < -0.3 is 105 Å². The molecule has 1 aromatic carbocycles. The highest BCUT2D eigenvalue weighted by Crippen LogP contribution is 2.14. The molecule has 0 aliphatic carbocycles. The van der Waals surface area contributed by atoms with Crippen LogP contribution in [0.3, 0.4) is 0 Å². The molecule has 15 N–H and O–H groups in total. The van der Waals surface area contributed by atoms with Gasteiger partial charge in [0.15, 0.2) is 0 Å². The summed E-state index contributed by atoms with van der Waals surface area (Å²) in [5, 5.41) is 90.3. The summed E-state index contributed by atoms with van der Waals surface area (Å²) >= 11 is 0. The lowest BCUT2D eigenvalue weighted by atomic mass is 10.3.